The van der Waals surface area contributed by atoms with Crippen LogP contribution in [0.1, 0.15) is 12.0 Å². The molecule has 0 aliphatic carbocycles. The lowest BCUT2D eigenvalue weighted by Gasteiger charge is -2.14. The Morgan fingerprint density at radius 3 is 2.35 bits per heavy atom. The third-order valence-electron chi connectivity index (χ3n) is 2.57. The number of nitrogens with two attached hydrogens (primary N) is 1. The fourth-order valence-electron chi connectivity index (χ4n) is 1.65. The van der Waals surface area contributed by atoms with Crippen molar-refractivity contribution in [3.8, 4) is 11.5 Å². The largest absolute Gasteiger partial charge is 0.496 e. The fraction of sp³-hybridized carbons (Fsp3) is 0.538. The number of halogens is 3. The summed E-state index contributed by atoms with van der Waals surface area (Å²) in [5.41, 5.74) is 6.50. The van der Waals surface area contributed by atoms with Gasteiger partial charge in [0.05, 0.1) is 19.1 Å². The molecule has 0 radical (unpaired) electrons. The van der Waals surface area contributed by atoms with Crippen LogP contribution in [0.3, 0.4) is 0 Å². The summed E-state index contributed by atoms with van der Waals surface area (Å²) in [5.74, 6) is 1.72. The van der Waals surface area contributed by atoms with Crippen LogP contribution < -0.4 is 15.2 Å². The summed E-state index contributed by atoms with van der Waals surface area (Å²) in [4.78, 5) is 0.806. The van der Waals surface area contributed by atoms with Crippen molar-refractivity contribution in [3.63, 3.8) is 0 Å². The van der Waals surface area contributed by atoms with Gasteiger partial charge in [0.1, 0.15) is 11.5 Å². The average molecular weight is 328 g/mol. The highest BCUT2D eigenvalue weighted by molar-refractivity contribution is 7.99. The Morgan fingerprint density at radius 1 is 1.20 bits per heavy atom. The molecular weight excluding hydrogens is 308 g/mol. The summed E-state index contributed by atoms with van der Waals surface area (Å²) in [5, 5.41) is 0. The van der Waals surface area contributed by atoms with Gasteiger partial charge in [-0.05, 0) is 30.7 Å². The van der Waals surface area contributed by atoms with Crippen molar-refractivity contribution < 1.29 is 18.3 Å². The molecule has 116 valence electrons. The van der Waals surface area contributed by atoms with E-state index in [-0.39, 0.29) is 18.8 Å². The Morgan fingerprint density at radius 2 is 1.85 bits per heavy atom. The van der Waals surface area contributed by atoms with Crippen molar-refractivity contribution in [2.75, 3.05) is 26.5 Å². The molecule has 0 saturated heterocycles. The zero-order valence-electron chi connectivity index (χ0n) is 11.5. The summed E-state index contributed by atoms with van der Waals surface area (Å²) >= 11 is 1.34. The number of benzene rings is 1. The predicted octanol–water partition coefficient (Wildman–Crippen LogP) is 3.37. The summed E-state index contributed by atoms with van der Waals surface area (Å²) < 4.78 is 34.9. The average Bonchev–Trinajstić information content (AvgIpc) is 2.39. The SMILES string of the molecule is COc1cc(SCCC(F)F)c(OC)cc1CCN.Cl. The summed E-state index contributed by atoms with van der Waals surface area (Å²) in [6.45, 7) is 0.511. The zero-order valence-corrected chi connectivity index (χ0v) is 13.2. The quantitative estimate of drug-likeness (QED) is 0.743. The number of alkyl halides is 2. The minimum absolute atomic E-state index is 0. The normalized spacial score (nSPS) is 10.3. The molecule has 0 unspecified atom stereocenters. The first-order valence-corrected chi connectivity index (χ1v) is 6.96. The first kappa shape index (κ1) is 19.3. The van der Waals surface area contributed by atoms with Gasteiger partial charge in [-0.15, -0.1) is 24.2 Å². The van der Waals surface area contributed by atoms with E-state index in [1.165, 1.54) is 11.8 Å². The van der Waals surface area contributed by atoms with Crippen molar-refractivity contribution in [1.29, 1.82) is 0 Å². The molecule has 2 N–H and O–H groups in total. The third-order valence-corrected chi connectivity index (χ3v) is 3.64. The second kappa shape index (κ2) is 10.1. The molecule has 0 saturated carbocycles. The lowest BCUT2D eigenvalue weighted by Crippen LogP contribution is -2.05. The van der Waals surface area contributed by atoms with E-state index in [0.29, 0.717) is 30.2 Å². The van der Waals surface area contributed by atoms with Crippen LogP contribution in [-0.2, 0) is 6.42 Å². The van der Waals surface area contributed by atoms with Gasteiger partial charge in [0.15, 0.2) is 0 Å². The number of hydrogen-bond donors (Lipinski definition) is 1. The van der Waals surface area contributed by atoms with E-state index in [4.69, 9.17) is 15.2 Å². The van der Waals surface area contributed by atoms with Gasteiger partial charge in [0, 0.05) is 12.2 Å². The van der Waals surface area contributed by atoms with Crippen molar-refractivity contribution in [2.24, 2.45) is 5.73 Å². The van der Waals surface area contributed by atoms with Crippen molar-refractivity contribution in [1.82, 2.24) is 0 Å². The zero-order chi connectivity index (χ0) is 14.3. The van der Waals surface area contributed by atoms with Gasteiger partial charge in [-0.25, -0.2) is 8.78 Å². The molecule has 0 heterocycles. The Hall–Kier alpha value is -0.720. The number of hydrogen-bond acceptors (Lipinski definition) is 4. The minimum atomic E-state index is -2.28. The maximum atomic E-state index is 12.1. The molecular formula is C13H20ClF2NO2S. The molecule has 0 bridgehead atoms. The standard InChI is InChI=1S/C13H19F2NO2S.ClH/c1-17-10-8-12(19-6-4-13(14)15)11(18-2)7-9(10)3-5-16;/h7-8,13H,3-6,16H2,1-2H3;1H. The number of thioether (sulfide) groups is 1. The maximum absolute atomic E-state index is 12.1. The molecule has 1 rings (SSSR count). The van der Waals surface area contributed by atoms with Gasteiger partial charge in [-0.1, -0.05) is 0 Å². The highest BCUT2D eigenvalue weighted by Gasteiger charge is 2.12. The number of rotatable bonds is 8. The van der Waals surface area contributed by atoms with Crippen LogP contribution in [0.25, 0.3) is 0 Å². The Balaban J connectivity index is 0.00000361. The second-order valence-corrected chi connectivity index (χ2v) is 5.02. The van der Waals surface area contributed by atoms with E-state index in [1.807, 2.05) is 12.1 Å². The van der Waals surface area contributed by atoms with Crippen LogP contribution in [0.4, 0.5) is 8.78 Å². The number of ether oxygens (including phenoxy) is 2. The van der Waals surface area contributed by atoms with E-state index in [1.54, 1.807) is 14.2 Å². The lowest BCUT2D eigenvalue weighted by atomic mass is 10.1. The molecule has 3 nitrogen and oxygen atoms in total. The van der Waals surface area contributed by atoms with E-state index >= 15 is 0 Å². The smallest absolute Gasteiger partial charge is 0.239 e. The van der Waals surface area contributed by atoms with E-state index in [9.17, 15) is 8.78 Å². The van der Waals surface area contributed by atoms with Crippen molar-refractivity contribution >= 4 is 24.2 Å². The molecule has 1 aromatic rings. The van der Waals surface area contributed by atoms with Crippen molar-refractivity contribution in [2.45, 2.75) is 24.2 Å². The highest BCUT2D eigenvalue weighted by atomic mass is 35.5. The molecule has 1 aromatic carbocycles. The maximum Gasteiger partial charge on any atom is 0.239 e. The van der Waals surface area contributed by atoms with E-state index < -0.39 is 6.43 Å². The summed E-state index contributed by atoms with van der Waals surface area (Å²) in [6, 6.07) is 3.68. The lowest BCUT2D eigenvalue weighted by molar-refractivity contribution is 0.145. The second-order valence-electron chi connectivity index (χ2n) is 3.88. The van der Waals surface area contributed by atoms with Gasteiger partial charge < -0.3 is 15.2 Å². The monoisotopic (exact) mass is 327 g/mol. The molecule has 0 aliphatic rings. The highest BCUT2D eigenvalue weighted by Crippen LogP contribution is 2.36. The van der Waals surface area contributed by atoms with E-state index in [2.05, 4.69) is 0 Å². The number of methoxy groups -OCH3 is 2. The Kier molecular flexibility index (Phi) is 9.71. The molecule has 0 aromatic heterocycles. The van der Waals surface area contributed by atoms with E-state index in [0.717, 1.165) is 10.5 Å². The van der Waals surface area contributed by atoms with Gasteiger partial charge in [-0.3, -0.25) is 0 Å². The topological polar surface area (TPSA) is 44.5 Å². The van der Waals surface area contributed by atoms with Crippen LogP contribution in [0.5, 0.6) is 11.5 Å². The van der Waals surface area contributed by atoms with Crippen LogP contribution >= 0.6 is 24.2 Å². The van der Waals surface area contributed by atoms with Gasteiger partial charge >= 0.3 is 0 Å². The predicted molar refractivity (Wildman–Crippen MR) is 80.9 cm³/mol. The Labute approximate surface area is 128 Å². The summed E-state index contributed by atoms with van der Waals surface area (Å²) in [6.07, 6.45) is -1.74. The molecule has 0 amide bonds. The minimum Gasteiger partial charge on any atom is -0.496 e. The molecule has 0 aliphatic heterocycles. The van der Waals surface area contributed by atoms with Gasteiger partial charge in [0.2, 0.25) is 6.43 Å². The van der Waals surface area contributed by atoms with Gasteiger partial charge in [0.25, 0.3) is 0 Å². The van der Waals surface area contributed by atoms with Crippen LogP contribution in [0, 0.1) is 0 Å². The third kappa shape index (κ3) is 5.73. The van der Waals surface area contributed by atoms with Crippen LogP contribution in [0.2, 0.25) is 0 Å². The molecule has 7 heteroatoms. The first-order chi connectivity index (χ1) is 9.12. The summed E-state index contributed by atoms with van der Waals surface area (Å²) in [7, 11) is 3.14. The molecule has 0 atom stereocenters. The van der Waals surface area contributed by atoms with Crippen molar-refractivity contribution in [3.05, 3.63) is 17.7 Å². The first-order valence-electron chi connectivity index (χ1n) is 5.98. The molecule has 20 heavy (non-hydrogen) atoms. The van der Waals surface area contributed by atoms with Gasteiger partial charge in [-0.2, -0.15) is 0 Å². The fourth-order valence-corrected chi connectivity index (χ4v) is 2.65. The Bertz CT molecular complexity index is 408. The van der Waals surface area contributed by atoms with Crippen LogP contribution in [-0.4, -0.2) is 32.9 Å². The van der Waals surface area contributed by atoms with Crippen LogP contribution in [0.15, 0.2) is 17.0 Å². The molecule has 0 fully saturated rings. The molecule has 0 spiro atoms.